The number of nitrogens with one attached hydrogen (secondary N) is 1. The minimum absolute atomic E-state index is 0.0662. The molecule has 0 spiro atoms. The number of nitrogens with zero attached hydrogens (tertiary/aromatic N) is 2. The second-order valence-electron chi connectivity index (χ2n) is 4.93. The number of methoxy groups -OCH3 is 1. The molecule has 0 fully saturated rings. The first-order valence-electron chi connectivity index (χ1n) is 7.39. The van der Waals surface area contributed by atoms with Crippen molar-refractivity contribution in [1.82, 2.24) is 0 Å². The number of allylic oxidation sites excluding steroid dienone is 1. The van der Waals surface area contributed by atoms with E-state index in [1.54, 1.807) is 12.1 Å². The lowest BCUT2D eigenvalue weighted by Crippen LogP contribution is -2.10. The van der Waals surface area contributed by atoms with E-state index in [2.05, 4.69) is 10.5 Å². The number of hydrazone groups is 1. The normalized spacial score (nSPS) is 11.6. The van der Waals surface area contributed by atoms with E-state index in [-0.39, 0.29) is 16.5 Å². The smallest absolute Gasteiger partial charge is 0.373 e. The van der Waals surface area contributed by atoms with Crippen molar-refractivity contribution in [2.45, 2.75) is 0 Å². The van der Waals surface area contributed by atoms with Gasteiger partial charge < -0.3 is 14.6 Å². The summed E-state index contributed by atoms with van der Waals surface area (Å²) in [4.78, 5) is 21.4. The van der Waals surface area contributed by atoms with E-state index < -0.39 is 16.7 Å². The Morgan fingerprint density at radius 3 is 2.30 bits per heavy atom. The van der Waals surface area contributed by atoms with Crippen LogP contribution < -0.4 is 14.9 Å². The Morgan fingerprint density at radius 2 is 1.78 bits per heavy atom. The van der Waals surface area contributed by atoms with Crippen molar-refractivity contribution in [1.29, 1.82) is 0 Å². The van der Waals surface area contributed by atoms with Gasteiger partial charge in [-0.05, 0) is 36.4 Å². The summed E-state index contributed by atoms with van der Waals surface area (Å²) in [5.41, 5.74) is 2.96. The summed E-state index contributed by atoms with van der Waals surface area (Å²) >= 11 is 5.95. The number of hydrogen-bond donors (Lipinski definition) is 2. The molecule has 0 heterocycles. The van der Waals surface area contributed by atoms with E-state index in [1.807, 2.05) is 0 Å². The van der Waals surface area contributed by atoms with Gasteiger partial charge in [0.15, 0.2) is 0 Å². The van der Waals surface area contributed by atoms with Gasteiger partial charge in [-0.2, -0.15) is 5.10 Å². The van der Waals surface area contributed by atoms with Crippen LogP contribution in [0.2, 0.25) is 0 Å². The van der Waals surface area contributed by atoms with Gasteiger partial charge >= 0.3 is 5.97 Å². The van der Waals surface area contributed by atoms with Crippen molar-refractivity contribution in [3.8, 4) is 11.5 Å². The zero-order valence-corrected chi connectivity index (χ0v) is 14.7. The van der Waals surface area contributed by atoms with E-state index in [4.69, 9.17) is 21.1 Å². The molecule has 0 radical (unpaired) electrons. The topological polar surface area (TPSA) is 123 Å². The molecule has 0 aliphatic carbocycles. The van der Waals surface area contributed by atoms with Crippen LogP contribution in [0.1, 0.15) is 0 Å². The third-order valence-electron chi connectivity index (χ3n) is 3.14. The van der Waals surface area contributed by atoms with Crippen molar-refractivity contribution < 1.29 is 24.3 Å². The van der Waals surface area contributed by atoms with Crippen LogP contribution in [-0.2, 0) is 4.79 Å². The van der Waals surface area contributed by atoms with Crippen molar-refractivity contribution in [2.75, 3.05) is 12.5 Å². The molecular weight excluding hydrogens is 378 g/mol. The maximum absolute atomic E-state index is 11.4. The quantitative estimate of drug-likeness (QED) is 0.231. The highest BCUT2D eigenvalue weighted by Gasteiger charge is 2.15. The standard InChI is InChI=1S/C17H14ClN3O6/c1-26-13-6-8-14(9-7-13)27-16(17(22)23)15(18)10-19-20-11-2-4-12(5-3-11)21(24)25/h2-10,20H,1H3,(H,22,23)/b16-15-,19-10+. The lowest BCUT2D eigenvalue weighted by Gasteiger charge is -2.08. The first-order valence-corrected chi connectivity index (χ1v) is 7.77. The van der Waals surface area contributed by atoms with Gasteiger partial charge in [-0.25, -0.2) is 4.79 Å². The Labute approximate surface area is 158 Å². The van der Waals surface area contributed by atoms with E-state index in [9.17, 15) is 20.0 Å². The molecule has 2 rings (SSSR count). The summed E-state index contributed by atoms with van der Waals surface area (Å²) < 4.78 is 10.3. The highest BCUT2D eigenvalue weighted by molar-refractivity contribution is 6.41. The average molecular weight is 392 g/mol. The first kappa shape index (κ1) is 19.7. The molecule has 0 aliphatic rings. The third-order valence-corrected chi connectivity index (χ3v) is 3.41. The van der Waals surface area contributed by atoms with Crippen LogP contribution in [0.15, 0.2) is 64.4 Å². The molecule has 0 bridgehead atoms. The molecular formula is C17H14ClN3O6. The fraction of sp³-hybridized carbons (Fsp3) is 0.0588. The molecule has 0 aromatic heterocycles. The molecule has 0 saturated carbocycles. The number of carboxylic acids is 1. The van der Waals surface area contributed by atoms with E-state index in [0.717, 1.165) is 6.21 Å². The number of hydrogen-bond acceptors (Lipinski definition) is 7. The molecule has 9 nitrogen and oxygen atoms in total. The van der Waals surface area contributed by atoms with Crippen molar-refractivity contribution in [2.24, 2.45) is 5.10 Å². The van der Waals surface area contributed by atoms with Crippen molar-refractivity contribution in [3.63, 3.8) is 0 Å². The molecule has 2 aromatic rings. The maximum Gasteiger partial charge on any atom is 0.373 e. The molecule has 0 aliphatic heterocycles. The van der Waals surface area contributed by atoms with Gasteiger partial charge in [-0.15, -0.1) is 0 Å². The van der Waals surface area contributed by atoms with Gasteiger partial charge in [-0.1, -0.05) is 11.6 Å². The fourth-order valence-electron chi connectivity index (χ4n) is 1.84. The monoisotopic (exact) mass is 391 g/mol. The number of benzene rings is 2. The van der Waals surface area contributed by atoms with Gasteiger partial charge in [0.25, 0.3) is 5.69 Å². The average Bonchev–Trinajstić information content (AvgIpc) is 2.66. The number of nitro groups is 1. The maximum atomic E-state index is 11.4. The number of ether oxygens (including phenoxy) is 2. The van der Waals surface area contributed by atoms with Crippen LogP contribution in [0.5, 0.6) is 11.5 Å². The van der Waals surface area contributed by atoms with Gasteiger partial charge in [-0.3, -0.25) is 15.5 Å². The number of carbonyl (C=O) groups is 1. The number of halogens is 1. The Balaban J connectivity index is 2.09. The fourth-order valence-corrected chi connectivity index (χ4v) is 2.00. The highest BCUT2D eigenvalue weighted by Crippen LogP contribution is 2.21. The third kappa shape index (κ3) is 5.72. The number of anilines is 1. The molecule has 0 unspecified atom stereocenters. The van der Waals surface area contributed by atoms with Crippen molar-refractivity contribution >= 4 is 35.2 Å². The summed E-state index contributed by atoms with van der Waals surface area (Å²) in [6.45, 7) is 0. The zero-order chi connectivity index (χ0) is 19.8. The second-order valence-corrected chi connectivity index (χ2v) is 5.34. The molecule has 27 heavy (non-hydrogen) atoms. The number of non-ortho nitro benzene ring substituents is 1. The van der Waals surface area contributed by atoms with Gasteiger partial charge in [0.2, 0.25) is 5.76 Å². The minimum Gasteiger partial charge on any atom is -0.497 e. The highest BCUT2D eigenvalue weighted by atomic mass is 35.5. The van der Waals surface area contributed by atoms with Crippen LogP contribution >= 0.6 is 11.6 Å². The molecule has 0 amide bonds. The van der Waals surface area contributed by atoms with Crippen molar-refractivity contribution in [3.05, 3.63) is 69.4 Å². The summed E-state index contributed by atoms with van der Waals surface area (Å²) in [5, 5.41) is 23.4. The van der Waals surface area contributed by atoms with Gasteiger partial charge in [0.05, 0.1) is 23.9 Å². The zero-order valence-electron chi connectivity index (χ0n) is 14.0. The Morgan fingerprint density at radius 1 is 1.19 bits per heavy atom. The lowest BCUT2D eigenvalue weighted by atomic mass is 10.3. The molecule has 2 aromatic carbocycles. The summed E-state index contributed by atoms with van der Waals surface area (Å²) in [7, 11) is 1.50. The van der Waals surface area contributed by atoms with Gasteiger partial charge in [0, 0.05) is 12.1 Å². The predicted octanol–water partition coefficient (Wildman–Crippen LogP) is 3.62. The molecule has 10 heteroatoms. The number of nitro benzene ring substituents is 1. The first-order chi connectivity index (χ1) is 12.9. The van der Waals surface area contributed by atoms with E-state index >= 15 is 0 Å². The van der Waals surface area contributed by atoms with E-state index in [1.165, 1.54) is 43.5 Å². The largest absolute Gasteiger partial charge is 0.497 e. The van der Waals surface area contributed by atoms with Crippen LogP contribution in [0, 0.1) is 10.1 Å². The number of aliphatic carboxylic acids is 1. The molecule has 140 valence electrons. The Kier molecular flexibility index (Phi) is 6.73. The summed E-state index contributed by atoms with van der Waals surface area (Å²) in [5.74, 6) is -1.06. The molecule has 2 N–H and O–H groups in total. The Bertz CT molecular complexity index is 879. The predicted molar refractivity (Wildman–Crippen MR) is 99.3 cm³/mol. The molecule has 0 atom stereocenters. The van der Waals surface area contributed by atoms with Crippen LogP contribution in [-0.4, -0.2) is 29.3 Å². The van der Waals surface area contributed by atoms with Crippen LogP contribution in [0.25, 0.3) is 0 Å². The van der Waals surface area contributed by atoms with Gasteiger partial charge in [0.1, 0.15) is 16.5 Å². The lowest BCUT2D eigenvalue weighted by molar-refractivity contribution is -0.384. The summed E-state index contributed by atoms with van der Waals surface area (Å²) in [6.07, 6.45) is 1.05. The Hall–Kier alpha value is -3.59. The molecule has 0 saturated heterocycles. The number of rotatable bonds is 8. The van der Waals surface area contributed by atoms with Crippen LogP contribution in [0.4, 0.5) is 11.4 Å². The minimum atomic E-state index is -1.38. The SMILES string of the molecule is COc1ccc(O/C(C(=O)O)=C(Cl)/C=N/Nc2ccc([N+](=O)[O-])cc2)cc1. The number of carboxylic acid groups (broad SMARTS) is 1. The van der Waals surface area contributed by atoms with Crippen LogP contribution in [0.3, 0.4) is 0 Å². The second kappa shape index (κ2) is 9.20. The van der Waals surface area contributed by atoms with E-state index in [0.29, 0.717) is 11.4 Å². The summed E-state index contributed by atoms with van der Waals surface area (Å²) in [6, 6.07) is 11.7.